The highest BCUT2D eigenvalue weighted by Gasteiger charge is 2.51. The first kappa shape index (κ1) is 19.7. The molecule has 1 rings (SSSR count). The van der Waals surface area contributed by atoms with E-state index in [1.807, 2.05) is 7.05 Å². The lowest BCUT2D eigenvalue weighted by atomic mass is 9.98. The number of hydrogen-bond donors (Lipinski definition) is 0. The SMILES string of the molecule is COC(=O)C1(CO[Si](C(C)C)(C(C)C)C(C)C)CCCN1C. The van der Waals surface area contributed by atoms with Crippen LogP contribution < -0.4 is 0 Å². The Hall–Kier alpha value is -0.393. The van der Waals surface area contributed by atoms with Crippen LogP contribution in [0.25, 0.3) is 0 Å². The van der Waals surface area contributed by atoms with Gasteiger partial charge in [-0.25, -0.2) is 4.79 Å². The van der Waals surface area contributed by atoms with E-state index in [4.69, 9.17) is 9.16 Å². The third-order valence-electron chi connectivity index (χ3n) is 5.65. The zero-order valence-electron chi connectivity index (χ0n) is 15.7. The minimum absolute atomic E-state index is 0.147. The number of carbonyl (C=O) groups is 1. The zero-order valence-corrected chi connectivity index (χ0v) is 16.7. The van der Waals surface area contributed by atoms with Gasteiger partial charge in [0.25, 0.3) is 0 Å². The quantitative estimate of drug-likeness (QED) is 0.526. The molecule has 1 aliphatic heterocycles. The average Bonchev–Trinajstić information content (AvgIpc) is 2.79. The Bertz CT molecular complexity index is 362. The molecule has 0 aromatic carbocycles. The van der Waals surface area contributed by atoms with E-state index in [-0.39, 0.29) is 5.97 Å². The van der Waals surface area contributed by atoms with Gasteiger partial charge in [0.1, 0.15) is 5.54 Å². The van der Waals surface area contributed by atoms with Crippen LogP contribution in [-0.2, 0) is 14.0 Å². The van der Waals surface area contributed by atoms with Crippen molar-refractivity contribution in [3.63, 3.8) is 0 Å². The second-order valence-electron chi connectivity index (χ2n) is 7.65. The van der Waals surface area contributed by atoms with E-state index < -0.39 is 13.9 Å². The van der Waals surface area contributed by atoms with Crippen molar-refractivity contribution in [3.8, 4) is 0 Å². The fourth-order valence-corrected chi connectivity index (χ4v) is 9.94. The van der Waals surface area contributed by atoms with Crippen LogP contribution in [0.3, 0.4) is 0 Å². The Morgan fingerprint density at radius 2 is 1.64 bits per heavy atom. The predicted octanol–water partition coefficient (Wildman–Crippen LogP) is 3.82. The Balaban J connectivity index is 3.06. The summed E-state index contributed by atoms with van der Waals surface area (Å²) in [6, 6.07) is 0. The molecule has 5 heteroatoms. The van der Waals surface area contributed by atoms with E-state index >= 15 is 0 Å². The van der Waals surface area contributed by atoms with Gasteiger partial charge < -0.3 is 9.16 Å². The van der Waals surface area contributed by atoms with Crippen LogP contribution in [0.1, 0.15) is 54.4 Å². The van der Waals surface area contributed by atoms with E-state index in [0.717, 1.165) is 19.4 Å². The number of methoxy groups -OCH3 is 1. The first-order chi connectivity index (χ1) is 10.1. The molecule has 4 nitrogen and oxygen atoms in total. The van der Waals surface area contributed by atoms with Crippen molar-refractivity contribution < 1.29 is 14.0 Å². The van der Waals surface area contributed by atoms with Crippen LogP contribution in [0, 0.1) is 0 Å². The van der Waals surface area contributed by atoms with E-state index in [1.54, 1.807) is 0 Å². The molecule has 0 spiro atoms. The minimum atomic E-state index is -1.96. The maximum atomic E-state index is 12.4. The third kappa shape index (κ3) is 3.26. The Morgan fingerprint density at radius 3 is 1.95 bits per heavy atom. The predicted molar refractivity (Wildman–Crippen MR) is 93.6 cm³/mol. The van der Waals surface area contributed by atoms with Gasteiger partial charge in [-0.3, -0.25) is 4.90 Å². The van der Waals surface area contributed by atoms with Crippen LogP contribution in [-0.4, -0.2) is 52.0 Å². The fraction of sp³-hybridized carbons (Fsp3) is 0.941. The van der Waals surface area contributed by atoms with Crippen molar-refractivity contribution in [3.05, 3.63) is 0 Å². The van der Waals surface area contributed by atoms with Crippen molar-refractivity contribution in [2.75, 3.05) is 27.3 Å². The van der Waals surface area contributed by atoms with E-state index in [1.165, 1.54) is 7.11 Å². The standard InChI is InChI=1S/C17H35NO3Si/c1-13(2)22(14(3)4,15(5)6)21-12-17(16(19)20-8)10-9-11-18(17)7/h13-15H,9-12H2,1-8H3. The lowest BCUT2D eigenvalue weighted by Gasteiger charge is -2.45. The van der Waals surface area contributed by atoms with Gasteiger partial charge in [-0.05, 0) is 43.1 Å². The molecular weight excluding hydrogens is 294 g/mol. The molecule has 22 heavy (non-hydrogen) atoms. The number of hydrogen-bond acceptors (Lipinski definition) is 4. The highest BCUT2D eigenvalue weighted by atomic mass is 28.4. The summed E-state index contributed by atoms with van der Waals surface area (Å²) in [7, 11) is 1.53. The molecule has 0 radical (unpaired) electrons. The molecule has 0 aliphatic carbocycles. The summed E-state index contributed by atoms with van der Waals surface area (Å²) in [5, 5.41) is 0. The van der Waals surface area contributed by atoms with Crippen LogP contribution in [0.15, 0.2) is 0 Å². The number of nitrogens with zero attached hydrogens (tertiary/aromatic N) is 1. The van der Waals surface area contributed by atoms with Gasteiger partial charge in [-0.15, -0.1) is 0 Å². The topological polar surface area (TPSA) is 38.8 Å². The van der Waals surface area contributed by atoms with Crippen LogP contribution in [0.2, 0.25) is 16.6 Å². The molecule has 0 aromatic heterocycles. The van der Waals surface area contributed by atoms with Crippen molar-refractivity contribution in [1.29, 1.82) is 0 Å². The van der Waals surface area contributed by atoms with Gasteiger partial charge in [0, 0.05) is 0 Å². The number of ether oxygens (including phenoxy) is 1. The largest absolute Gasteiger partial charge is 0.468 e. The summed E-state index contributed by atoms with van der Waals surface area (Å²) in [6.07, 6.45) is 1.85. The van der Waals surface area contributed by atoms with Gasteiger partial charge >= 0.3 is 5.97 Å². The van der Waals surface area contributed by atoms with E-state index in [9.17, 15) is 4.79 Å². The Labute approximate surface area is 137 Å². The summed E-state index contributed by atoms with van der Waals surface area (Å²) in [5.41, 5.74) is 0.975. The van der Waals surface area contributed by atoms with E-state index in [2.05, 4.69) is 46.4 Å². The van der Waals surface area contributed by atoms with Crippen LogP contribution in [0.5, 0.6) is 0 Å². The first-order valence-corrected chi connectivity index (χ1v) is 10.7. The van der Waals surface area contributed by atoms with E-state index in [0.29, 0.717) is 23.2 Å². The molecule has 1 unspecified atom stereocenters. The van der Waals surface area contributed by atoms with Crippen molar-refractivity contribution in [2.45, 2.75) is 76.5 Å². The maximum Gasteiger partial charge on any atom is 0.328 e. The summed E-state index contributed by atoms with van der Waals surface area (Å²) in [5.74, 6) is -0.147. The normalized spacial score (nSPS) is 23.8. The molecule has 1 atom stereocenters. The van der Waals surface area contributed by atoms with Gasteiger partial charge in [0.15, 0.2) is 8.32 Å². The highest BCUT2D eigenvalue weighted by Crippen LogP contribution is 2.43. The first-order valence-electron chi connectivity index (χ1n) is 8.58. The molecule has 130 valence electrons. The smallest absolute Gasteiger partial charge is 0.328 e. The summed E-state index contributed by atoms with van der Waals surface area (Å²) in [4.78, 5) is 14.6. The molecule has 0 amide bonds. The minimum Gasteiger partial charge on any atom is -0.468 e. The molecule has 0 N–H and O–H groups in total. The number of esters is 1. The van der Waals surface area contributed by atoms with Crippen molar-refractivity contribution in [2.24, 2.45) is 0 Å². The third-order valence-corrected chi connectivity index (χ3v) is 11.7. The molecule has 1 aliphatic rings. The second-order valence-corrected chi connectivity index (χ2v) is 13.1. The van der Waals surface area contributed by atoms with Crippen LogP contribution in [0.4, 0.5) is 0 Å². The summed E-state index contributed by atoms with van der Waals surface area (Å²) in [6.45, 7) is 15.0. The van der Waals surface area contributed by atoms with Gasteiger partial charge in [-0.2, -0.15) is 0 Å². The number of likely N-dealkylation sites (tertiary alicyclic amines) is 1. The number of carbonyl (C=O) groups excluding carboxylic acids is 1. The monoisotopic (exact) mass is 329 g/mol. The van der Waals surface area contributed by atoms with Gasteiger partial charge in [0.2, 0.25) is 0 Å². The molecule has 0 saturated carbocycles. The molecule has 1 saturated heterocycles. The number of likely N-dealkylation sites (N-methyl/N-ethyl adjacent to an activating group) is 1. The van der Waals surface area contributed by atoms with Gasteiger partial charge in [0.05, 0.1) is 13.7 Å². The number of rotatable bonds is 7. The Morgan fingerprint density at radius 1 is 1.14 bits per heavy atom. The molecule has 1 heterocycles. The Kier molecular flexibility index (Phi) is 6.66. The maximum absolute atomic E-state index is 12.4. The zero-order chi connectivity index (χ0) is 17.1. The van der Waals surface area contributed by atoms with Crippen molar-refractivity contribution in [1.82, 2.24) is 4.90 Å². The molecule has 1 fully saturated rings. The highest BCUT2D eigenvalue weighted by molar-refractivity contribution is 6.77. The van der Waals surface area contributed by atoms with Crippen LogP contribution >= 0.6 is 0 Å². The van der Waals surface area contributed by atoms with Crippen molar-refractivity contribution >= 4 is 14.3 Å². The summed E-state index contributed by atoms with van der Waals surface area (Å²) < 4.78 is 11.8. The van der Waals surface area contributed by atoms with Gasteiger partial charge in [-0.1, -0.05) is 41.5 Å². The lowest BCUT2D eigenvalue weighted by molar-refractivity contribution is -0.155. The molecular formula is C17H35NO3Si. The average molecular weight is 330 g/mol. The second kappa shape index (κ2) is 7.45. The summed E-state index contributed by atoms with van der Waals surface area (Å²) >= 11 is 0. The molecule has 0 aromatic rings. The lowest BCUT2D eigenvalue weighted by Crippen LogP contribution is -2.57. The molecule has 0 bridgehead atoms. The fourth-order valence-electron chi connectivity index (χ4n) is 4.45.